The van der Waals surface area contributed by atoms with Gasteiger partial charge in [-0.2, -0.15) is 0 Å². The molecule has 2 rings (SSSR count). The highest BCUT2D eigenvalue weighted by Crippen LogP contribution is 2.31. The monoisotopic (exact) mass is 259 g/mol. The molecule has 0 amide bonds. The Morgan fingerprint density at radius 1 is 1.26 bits per heavy atom. The van der Waals surface area contributed by atoms with Crippen LogP contribution in [0.15, 0.2) is 28.7 Å². The number of para-hydroxylation sites is 1. The van der Waals surface area contributed by atoms with E-state index in [1.807, 2.05) is 0 Å². The Hall–Kier alpha value is -1.28. The van der Waals surface area contributed by atoms with Gasteiger partial charge in [0.2, 0.25) is 0 Å². The van der Waals surface area contributed by atoms with E-state index in [2.05, 4.69) is 57.3 Å². The van der Waals surface area contributed by atoms with Crippen LogP contribution in [0.5, 0.6) is 0 Å². The van der Waals surface area contributed by atoms with Crippen molar-refractivity contribution in [1.29, 1.82) is 0 Å². The molecule has 0 aliphatic carbocycles. The highest BCUT2D eigenvalue weighted by molar-refractivity contribution is 5.81. The summed E-state index contributed by atoms with van der Waals surface area (Å²) in [6.07, 6.45) is 2.30. The Balaban J connectivity index is 2.35. The van der Waals surface area contributed by atoms with E-state index in [4.69, 9.17) is 4.42 Å². The van der Waals surface area contributed by atoms with Crippen molar-refractivity contribution in [3.8, 4) is 0 Å². The number of aryl methyl sites for hydroxylation is 1. The van der Waals surface area contributed by atoms with Crippen molar-refractivity contribution in [1.82, 2.24) is 5.32 Å². The van der Waals surface area contributed by atoms with Crippen LogP contribution < -0.4 is 5.32 Å². The molecule has 2 aromatic rings. The van der Waals surface area contributed by atoms with Crippen LogP contribution in [0.4, 0.5) is 0 Å². The number of furan rings is 1. The van der Waals surface area contributed by atoms with E-state index in [1.54, 1.807) is 0 Å². The predicted octanol–water partition coefficient (Wildman–Crippen LogP) is 4.83. The Kier molecular flexibility index (Phi) is 4.65. The number of nitrogens with one attached hydrogen (secondary N) is 1. The van der Waals surface area contributed by atoms with Gasteiger partial charge in [0.05, 0.1) is 6.04 Å². The maximum absolute atomic E-state index is 6.12. The van der Waals surface area contributed by atoms with E-state index in [0.717, 1.165) is 30.7 Å². The zero-order valence-corrected chi connectivity index (χ0v) is 12.5. The molecule has 1 aromatic carbocycles. The lowest BCUT2D eigenvalue weighted by Gasteiger charge is -2.22. The molecule has 2 nitrogen and oxygen atoms in total. The molecule has 0 radical (unpaired) electrons. The molecule has 104 valence electrons. The number of hydrogen-bond acceptors (Lipinski definition) is 2. The summed E-state index contributed by atoms with van der Waals surface area (Å²) >= 11 is 0. The third-order valence-corrected chi connectivity index (χ3v) is 3.89. The SMILES string of the molecule is CCCNC(c1cc2cccc(C)c2o1)C(C)CC. The van der Waals surface area contributed by atoms with E-state index in [1.165, 1.54) is 10.9 Å². The maximum atomic E-state index is 6.12. The summed E-state index contributed by atoms with van der Waals surface area (Å²) in [5.41, 5.74) is 2.24. The average Bonchev–Trinajstić information content (AvgIpc) is 2.84. The summed E-state index contributed by atoms with van der Waals surface area (Å²) in [5.74, 6) is 1.65. The van der Waals surface area contributed by atoms with Crippen LogP contribution in [0.1, 0.15) is 51.0 Å². The Bertz CT molecular complexity index is 529. The van der Waals surface area contributed by atoms with Gasteiger partial charge in [0.15, 0.2) is 0 Å². The second-order valence-electron chi connectivity index (χ2n) is 5.46. The highest BCUT2D eigenvalue weighted by Gasteiger charge is 2.21. The second kappa shape index (κ2) is 6.25. The standard InChI is InChI=1S/C17H25NO/c1-5-10-18-16(12(3)6-2)15-11-14-9-7-8-13(4)17(14)19-15/h7-9,11-12,16,18H,5-6,10H2,1-4H3. The number of fused-ring (bicyclic) bond motifs is 1. The molecule has 2 heteroatoms. The van der Waals surface area contributed by atoms with Gasteiger partial charge in [0.1, 0.15) is 11.3 Å². The summed E-state index contributed by atoms with van der Waals surface area (Å²) < 4.78 is 6.12. The van der Waals surface area contributed by atoms with E-state index in [-0.39, 0.29) is 0 Å². The molecule has 0 aliphatic heterocycles. The van der Waals surface area contributed by atoms with Crippen LogP contribution in [0.3, 0.4) is 0 Å². The topological polar surface area (TPSA) is 25.2 Å². The van der Waals surface area contributed by atoms with Gasteiger partial charge >= 0.3 is 0 Å². The Labute approximate surface area is 116 Å². The molecule has 2 atom stereocenters. The first-order chi connectivity index (χ1) is 9.17. The first-order valence-electron chi connectivity index (χ1n) is 7.39. The fourth-order valence-corrected chi connectivity index (χ4v) is 2.50. The molecule has 1 heterocycles. The van der Waals surface area contributed by atoms with Crippen molar-refractivity contribution in [3.63, 3.8) is 0 Å². The van der Waals surface area contributed by atoms with Gasteiger partial charge in [-0.05, 0) is 37.4 Å². The minimum Gasteiger partial charge on any atom is -0.459 e. The first kappa shape index (κ1) is 14.1. The minimum absolute atomic E-state index is 0.316. The summed E-state index contributed by atoms with van der Waals surface area (Å²) in [4.78, 5) is 0. The minimum atomic E-state index is 0.316. The fraction of sp³-hybridized carbons (Fsp3) is 0.529. The van der Waals surface area contributed by atoms with Crippen molar-refractivity contribution in [2.75, 3.05) is 6.54 Å². The zero-order valence-electron chi connectivity index (χ0n) is 12.5. The van der Waals surface area contributed by atoms with Crippen LogP contribution in [0.25, 0.3) is 11.0 Å². The second-order valence-corrected chi connectivity index (χ2v) is 5.46. The van der Waals surface area contributed by atoms with Gasteiger partial charge in [-0.3, -0.25) is 0 Å². The van der Waals surface area contributed by atoms with Crippen LogP contribution in [0, 0.1) is 12.8 Å². The molecule has 0 saturated heterocycles. The van der Waals surface area contributed by atoms with Crippen LogP contribution in [0.2, 0.25) is 0 Å². The van der Waals surface area contributed by atoms with Crippen molar-refractivity contribution < 1.29 is 4.42 Å². The first-order valence-corrected chi connectivity index (χ1v) is 7.39. The molecule has 19 heavy (non-hydrogen) atoms. The molecule has 0 aliphatic rings. The number of rotatable bonds is 6. The van der Waals surface area contributed by atoms with Crippen molar-refractivity contribution in [3.05, 3.63) is 35.6 Å². The van der Waals surface area contributed by atoms with Gasteiger partial charge in [-0.1, -0.05) is 45.4 Å². The Morgan fingerprint density at radius 3 is 2.68 bits per heavy atom. The van der Waals surface area contributed by atoms with Crippen molar-refractivity contribution >= 4 is 11.0 Å². The van der Waals surface area contributed by atoms with Crippen molar-refractivity contribution in [2.45, 2.75) is 46.6 Å². The normalized spacial score (nSPS) is 14.7. The lowest BCUT2D eigenvalue weighted by molar-refractivity contribution is 0.326. The predicted molar refractivity (Wildman–Crippen MR) is 81.4 cm³/mol. The van der Waals surface area contributed by atoms with Crippen LogP contribution in [-0.4, -0.2) is 6.54 Å². The van der Waals surface area contributed by atoms with Gasteiger partial charge in [0.25, 0.3) is 0 Å². The van der Waals surface area contributed by atoms with Crippen LogP contribution in [-0.2, 0) is 0 Å². The lowest BCUT2D eigenvalue weighted by Crippen LogP contribution is -2.27. The molecule has 1 aromatic heterocycles. The quantitative estimate of drug-likeness (QED) is 0.804. The van der Waals surface area contributed by atoms with Gasteiger partial charge in [-0.15, -0.1) is 0 Å². The lowest BCUT2D eigenvalue weighted by atomic mass is 9.96. The highest BCUT2D eigenvalue weighted by atomic mass is 16.3. The molecule has 1 N–H and O–H groups in total. The summed E-state index contributed by atoms with van der Waals surface area (Å²) in [5, 5.41) is 4.83. The molecule has 0 spiro atoms. The van der Waals surface area contributed by atoms with Crippen LogP contribution >= 0.6 is 0 Å². The summed E-state index contributed by atoms with van der Waals surface area (Å²) in [6.45, 7) is 9.86. The van der Waals surface area contributed by atoms with Crippen molar-refractivity contribution in [2.24, 2.45) is 5.92 Å². The summed E-state index contributed by atoms with van der Waals surface area (Å²) in [7, 11) is 0. The average molecular weight is 259 g/mol. The molecule has 0 fully saturated rings. The van der Waals surface area contributed by atoms with Gasteiger partial charge < -0.3 is 9.73 Å². The van der Waals surface area contributed by atoms with Gasteiger partial charge in [-0.25, -0.2) is 0 Å². The molecular weight excluding hydrogens is 234 g/mol. The largest absolute Gasteiger partial charge is 0.459 e. The van der Waals surface area contributed by atoms with E-state index < -0.39 is 0 Å². The fourth-order valence-electron chi connectivity index (χ4n) is 2.50. The van der Waals surface area contributed by atoms with E-state index in [0.29, 0.717) is 12.0 Å². The number of benzene rings is 1. The Morgan fingerprint density at radius 2 is 2.05 bits per heavy atom. The van der Waals surface area contributed by atoms with Gasteiger partial charge in [0, 0.05) is 5.39 Å². The third kappa shape index (κ3) is 3.01. The molecule has 0 saturated carbocycles. The number of hydrogen-bond donors (Lipinski definition) is 1. The third-order valence-electron chi connectivity index (χ3n) is 3.89. The zero-order chi connectivity index (χ0) is 13.8. The molecular formula is C17H25NO. The van der Waals surface area contributed by atoms with E-state index in [9.17, 15) is 0 Å². The molecule has 2 unspecified atom stereocenters. The smallest absolute Gasteiger partial charge is 0.137 e. The molecule has 0 bridgehead atoms. The maximum Gasteiger partial charge on any atom is 0.137 e. The van der Waals surface area contributed by atoms with E-state index >= 15 is 0 Å². The summed E-state index contributed by atoms with van der Waals surface area (Å²) in [6, 6.07) is 8.84.